The number of amidine groups is 1. The molecular formula is C23H25N5O3. The van der Waals surface area contributed by atoms with Crippen molar-refractivity contribution in [2.45, 2.75) is 26.7 Å². The van der Waals surface area contributed by atoms with Gasteiger partial charge in [-0.1, -0.05) is 23.8 Å². The zero-order chi connectivity index (χ0) is 22.0. The summed E-state index contributed by atoms with van der Waals surface area (Å²) in [6.45, 7) is 5.17. The number of rotatable bonds is 4. The van der Waals surface area contributed by atoms with Crippen LogP contribution in [0.5, 0.6) is 0 Å². The van der Waals surface area contributed by atoms with Gasteiger partial charge in [-0.15, -0.1) is 0 Å². The molecule has 2 aromatic rings. The molecule has 2 aliphatic rings. The van der Waals surface area contributed by atoms with Crippen molar-refractivity contribution in [1.82, 2.24) is 10.3 Å². The summed E-state index contributed by atoms with van der Waals surface area (Å²) in [4.78, 5) is 43.9. The largest absolute Gasteiger partial charge is 0.339 e. The van der Waals surface area contributed by atoms with Crippen LogP contribution in [0.1, 0.15) is 34.3 Å². The fourth-order valence-electron chi connectivity index (χ4n) is 3.72. The van der Waals surface area contributed by atoms with Crippen LogP contribution in [0.2, 0.25) is 0 Å². The first-order chi connectivity index (χ1) is 14.9. The molecule has 0 atom stereocenters. The van der Waals surface area contributed by atoms with Crippen LogP contribution in [-0.2, 0) is 9.59 Å². The fraction of sp³-hybridized carbons (Fsp3) is 0.304. The molecule has 0 spiro atoms. The van der Waals surface area contributed by atoms with E-state index in [-0.39, 0.29) is 24.2 Å². The number of hydrazine groups is 1. The number of nitrogens with zero attached hydrogens (tertiary/aromatic N) is 3. The lowest BCUT2D eigenvalue weighted by Gasteiger charge is -2.28. The Hall–Kier alpha value is -3.68. The first-order valence-corrected chi connectivity index (χ1v) is 10.3. The topological polar surface area (TPSA) is 94.1 Å². The third-order valence-corrected chi connectivity index (χ3v) is 5.55. The number of nitrogens with one attached hydrogen (secondary N) is 2. The number of likely N-dealkylation sites (tertiary alicyclic amines) is 1. The van der Waals surface area contributed by atoms with Gasteiger partial charge in [-0.3, -0.25) is 24.8 Å². The van der Waals surface area contributed by atoms with E-state index in [1.165, 1.54) is 5.01 Å². The lowest BCUT2D eigenvalue weighted by atomic mass is 10.1. The first-order valence-electron chi connectivity index (χ1n) is 10.3. The van der Waals surface area contributed by atoms with Crippen LogP contribution in [0.25, 0.3) is 0 Å². The Morgan fingerprint density at radius 2 is 1.74 bits per heavy atom. The molecule has 8 heteroatoms. The monoisotopic (exact) mass is 419 g/mol. The van der Waals surface area contributed by atoms with Crippen molar-refractivity contribution >= 4 is 34.9 Å². The van der Waals surface area contributed by atoms with Crippen LogP contribution in [0.3, 0.4) is 0 Å². The summed E-state index contributed by atoms with van der Waals surface area (Å²) in [7, 11) is 0. The molecule has 0 unspecified atom stereocenters. The second kappa shape index (κ2) is 8.59. The molecule has 2 N–H and O–H groups in total. The van der Waals surface area contributed by atoms with Crippen molar-refractivity contribution in [2.24, 2.45) is 4.99 Å². The molecule has 0 aliphatic carbocycles. The van der Waals surface area contributed by atoms with Crippen molar-refractivity contribution in [1.29, 1.82) is 0 Å². The molecule has 0 saturated carbocycles. The molecule has 2 aliphatic heterocycles. The maximum absolute atomic E-state index is 12.9. The number of benzene rings is 2. The van der Waals surface area contributed by atoms with Gasteiger partial charge >= 0.3 is 0 Å². The van der Waals surface area contributed by atoms with Crippen LogP contribution in [0, 0.1) is 13.8 Å². The SMILES string of the molecule is Cc1ccc(N2NC(C(=O)Nc3cccc(C(=O)N4CCCC4)c3C)=NCC2=O)cc1. The minimum Gasteiger partial charge on any atom is -0.339 e. The van der Waals surface area contributed by atoms with Gasteiger partial charge in [0.15, 0.2) is 0 Å². The highest BCUT2D eigenvalue weighted by Gasteiger charge is 2.27. The maximum atomic E-state index is 12.9. The molecular weight excluding hydrogens is 394 g/mol. The van der Waals surface area contributed by atoms with Gasteiger partial charge in [0, 0.05) is 24.3 Å². The minimum absolute atomic E-state index is 0.0182. The molecule has 0 bridgehead atoms. The molecule has 0 radical (unpaired) electrons. The van der Waals surface area contributed by atoms with Gasteiger partial charge in [-0.05, 0) is 56.5 Å². The number of aryl methyl sites for hydroxylation is 1. The maximum Gasteiger partial charge on any atom is 0.292 e. The molecule has 160 valence electrons. The lowest BCUT2D eigenvalue weighted by molar-refractivity contribution is -0.118. The van der Waals surface area contributed by atoms with Crippen molar-refractivity contribution in [3.05, 3.63) is 59.2 Å². The molecule has 31 heavy (non-hydrogen) atoms. The predicted molar refractivity (Wildman–Crippen MR) is 119 cm³/mol. The third kappa shape index (κ3) is 4.28. The van der Waals surface area contributed by atoms with Gasteiger partial charge in [-0.2, -0.15) is 0 Å². The lowest BCUT2D eigenvalue weighted by Crippen LogP contribution is -2.54. The quantitative estimate of drug-likeness (QED) is 0.796. The van der Waals surface area contributed by atoms with Crippen molar-refractivity contribution in [3.8, 4) is 0 Å². The summed E-state index contributed by atoms with van der Waals surface area (Å²) < 4.78 is 0. The fourth-order valence-corrected chi connectivity index (χ4v) is 3.72. The number of anilines is 2. The van der Waals surface area contributed by atoms with Crippen LogP contribution in [0.4, 0.5) is 11.4 Å². The van der Waals surface area contributed by atoms with E-state index in [4.69, 9.17) is 0 Å². The van der Waals surface area contributed by atoms with Crippen molar-refractivity contribution in [3.63, 3.8) is 0 Å². The highest BCUT2D eigenvalue weighted by atomic mass is 16.2. The minimum atomic E-state index is -0.474. The normalized spacial score (nSPS) is 16.1. The van der Waals surface area contributed by atoms with Gasteiger partial charge < -0.3 is 10.2 Å². The number of aliphatic imine (C=N–C) groups is 1. The highest BCUT2D eigenvalue weighted by molar-refractivity contribution is 6.43. The van der Waals surface area contributed by atoms with Gasteiger partial charge in [0.1, 0.15) is 6.54 Å². The number of carbonyl (C=O) groups excluding carboxylic acids is 3. The molecule has 2 heterocycles. The van der Waals surface area contributed by atoms with Gasteiger partial charge in [-0.25, -0.2) is 5.01 Å². The molecule has 8 nitrogen and oxygen atoms in total. The second-order valence-electron chi connectivity index (χ2n) is 7.77. The Balaban J connectivity index is 1.50. The third-order valence-electron chi connectivity index (χ3n) is 5.55. The predicted octanol–water partition coefficient (Wildman–Crippen LogP) is 2.43. The summed E-state index contributed by atoms with van der Waals surface area (Å²) in [5, 5.41) is 4.14. The summed E-state index contributed by atoms with van der Waals surface area (Å²) in [5.41, 5.74) is 6.33. The van der Waals surface area contributed by atoms with E-state index < -0.39 is 5.91 Å². The Kier molecular flexibility index (Phi) is 5.70. The number of amides is 3. The summed E-state index contributed by atoms with van der Waals surface area (Å²) in [6.07, 6.45) is 2.03. The Labute approximate surface area is 180 Å². The molecule has 4 rings (SSSR count). The van der Waals surface area contributed by atoms with Crippen molar-refractivity contribution in [2.75, 3.05) is 30.0 Å². The van der Waals surface area contributed by atoms with Crippen molar-refractivity contribution < 1.29 is 14.4 Å². The number of hydrogen-bond acceptors (Lipinski definition) is 5. The number of carbonyl (C=O) groups is 3. The van der Waals surface area contributed by atoms with Gasteiger partial charge in [0.2, 0.25) is 5.84 Å². The zero-order valence-electron chi connectivity index (χ0n) is 17.6. The zero-order valence-corrected chi connectivity index (χ0v) is 17.6. The van der Waals surface area contributed by atoms with Gasteiger partial charge in [0.05, 0.1) is 5.69 Å². The smallest absolute Gasteiger partial charge is 0.292 e. The Morgan fingerprint density at radius 3 is 2.45 bits per heavy atom. The first kappa shape index (κ1) is 20.6. The summed E-state index contributed by atoms with van der Waals surface area (Å²) >= 11 is 0. The highest BCUT2D eigenvalue weighted by Crippen LogP contribution is 2.22. The van der Waals surface area contributed by atoms with E-state index in [0.717, 1.165) is 31.5 Å². The molecule has 1 saturated heterocycles. The molecule has 1 fully saturated rings. The summed E-state index contributed by atoms with van der Waals surface area (Å²) in [5.74, 6) is -0.709. The molecule has 2 aromatic carbocycles. The van der Waals surface area contributed by atoms with Crippen LogP contribution >= 0.6 is 0 Å². The molecule has 3 amide bonds. The van der Waals surface area contributed by atoms with E-state index in [1.54, 1.807) is 30.3 Å². The van der Waals surface area contributed by atoms with Crippen LogP contribution in [-0.4, -0.2) is 48.1 Å². The molecule has 0 aromatic heterocycles. The van der Waals surface area contributed by atoms with E-state index in [2.05, 4.69) is 15.7 Å². The standard InChI is InChI=1S/C23H25N5O3/c1-15-8-10-17(11-9-15)28-20(29)14-24-21(26-28)22(30)25-19-7-5-6-18(16(19)2)23(31)27-12-3-4-13-27/h5-11H,3-4,12-14H2,1-2H3,(H,24,26)(H,25,30). The number of hydrogen-bond donors (Lipinski definition) is 2. The van der Waals surface area contributed by atoms with Crippen LogP contribution in [0.15, 0.2) is 47.5 Å². The van der Waals surface area contributed by atoms with E-state index >= 15 is 0 Å². The van der Waals surface area contributed by atoms with Crippen LogP contribution < -0.4 is 15.8 Å². The van der Waals surface area contributed by atoms with E-state index in [9.17, 15) is 14.4 Å². The Morgan fingerprint density at radius 1 is 1.03 bits per heavy atom. The average molecular weight is 419 g/mol. The van der Waals surface area contributed by atoms with E-state index in [0.29, 0.717) is 22.5 Å². The Bertz CT molecular complexity index is 1060. The second-order valence-corrected chi connectivity index (χ2v) is 7.77. The van der Waals surface area contributed by atoms with Gasteiger partial charge in [0.25, 0.3) is 17.7 Å². The van der Waals surface area contributed by atoms with E-state index in [1.807, 2.05) is 30.9 Å². The summed E-state index contributed by atoms with van der Waals surface area (Å²) in [6, 6.07) is 12.7. The average Bonchev–Trinajstić information content (AvgIpc) is 3.31.